The lowest BCUT2D eigenvalue weighted by Crippen LogP contribution is -1.88. The Morgan fingerprint density at radius 3 is 3.15 bits per heavy atom. The molecule has 0 aliphatic carbocycles. The smallest absolute Gasteiger partial charge is 0.141 e. The molecule has 0 aliphatic heterocycles. The molecule has 0 amide bonds. The SMILES string of the molecule is COc1[c]cccc1-c1ncc[nH]1. The van der Waals surface area contributed by atoms with Gasteiger partial charge in [-0.1, -0.05) is 12.1 Å². The molecule has 13 heavy (non-hydrogen) atoms. The maximum absolute atomic E-state index is 5.15. The number of methoxy groups -OCH3 is 1. The summed E-state index contributed by atoms with van der Waals surface area (Å²) in [6.07, 6.45) is 3.49. The standard InChI is InChI=1S/C10H9N2O/c1-13-9-5-3-2-4-8(9)10-11-6-7-12-10/h2-4,6-7H,1H3,(H,11,12). The minimum Gasteiger partial charge on any atom is -0.495 e. The molecule has 1 N–H and O–H groups in total. The number of imidazole rings is 1. The van der Waals surface area contributed by atoms with Crippen LogP contribution in [0.3, 0.4) is 0 Å². The molecule has 0 spiro atoms. The third kappa shape index (κ3) is 1.40. The second kappa shape index (κ2) is 3.31. The number of aromatic amines is 1. The second-order valence-electron chi connectivity index (χ2n) is 2.55. The lowest BCUT2D eigenvalue weighted by atomic mass is 10.2. The summed E-state index contributed by atoms with van der Waals surface area (Å²) in [5.74, 6) is 1.51. The third-order valence-electron chi connectivity index (χ3n) is 1.78. The molecule has 3 nitrogen and oxygen atoms in total. The summed E-state index contributed by atoms with van der Waals surface area (Å²) < 4.78 is 5.15. The van der Waals surface area contributed by atoms with Crippen LogP contribution in [0.15, 0.2) is 30.6 Å². The Hall–Kier alpha value is -1.77. The van der Waals surface area contributed by atoms with Crippen LogP contribution in [-0.2, 0) is 0 Å². The number of nitrogens with zero attached hydrogens (tertiary/aromatic N) is 1. The first-order valence-electron chi connectivity index (χ1n) is 3.96. The Kier molecular flexibility index (Phi) is 2.00. The predicted molar refractivity (Wildman–Crippen MR) is 49.4 cm³/mol. The van der Waals surface area contributed by atoms with Gasteiger partial charge >= 0.3 is 0 Å². The first-order chi connectivity index (χ1) is 6.42. The number of para-hydroxylation sites is 1. The maximum Gasteiger partial charge on any atom is 0.141 e. The van der Waals surface area contributed by atoms with E-state index < -0.39 is 0 Å². The van der Waals surface area contributed by atoms with Gasteiger partial charge in [-0.25, -0.2) is 4.98 Å². The molecule has 0 bridgehead atoms. The summed E-state index contributed by atoms with van der Waals surface area (Å²) in [4.78, 5) is 7.16. The van der Waals surface area contributed by atoms with E-state index in [1.807, 2.05) is 18.2 Å². The largest absolute Gasteiger partial charge is 0.495 e. The highest BCUT2D eigenvalue weighted by Crippen LogP contribution is 2.25. The summed E-state index contributed by atoms with van der Waals surface area (Å²) in [6, 6.07) is 8.65. The van der Waals surface area contributed by atoms with Gasteiger partial charge in [0.15, 0.2) is 0 Å². The fraction of sp³-hybridized carbons (Fsp3) is 0.100. The van der Waals surface area contributed by atoms with Crippen LogP contribution in [0.2, 0.25) is 0 Å². The van der Waals surface area contributed by atoms with Gasteiger partial charge < -0.3 is 9.72 Å². The molecule has 1 aromatic carbocycles. The quantitative estimate of drug-likeness (QED) is 0.753. The van der Waals surface area contributed by atoms with E-state index in [4.69, 9.17) is 4.74 Å². The average Bonchev–Trinajstić information content (AvgIpc) is 2.70. The van der Waals surface area contributed by atoms with Crippen molar-refractivity contribution < 1.29 is 4.74 Å². The zero-order chi connectivity index (χ0) is 9.10. The van der Waals surface area contributed by atoms with Crippen LogP contribution in [0.4, 0.5) is 0 Å². The van der Waals surface area contributed by atoms with Crippen molar-refractivity contribution in [2.75, 3.05) is 7.11 Å². The van der Waals surface area contributed by atoms with Crippen LogP contribution in [0.1, 0.15) is 0 Å². The van der Waals surface area contributed by atoms with Gasteiger partial charge in [-0.3, -0.25) is 0 Å². The van der Waals surface area contributed by atoms with Crippen LogP contribution in [-0.4, -0.2) is 17.1 Å². The zero-order valence-corrected chi connectivity index (χ0v) is 7.24. The summed E-state index contributed by atoms with van der Waals surface area (Å²) in [7, 11) is 1.62. The first-order valence-corrected chi connectivity index (χ1v) is 3.96. The average molecular weight is 173 g/mol. The molecule has 2 rings (SSSR count). The van der Waals surface area contributed by atoms with Gasteiger partial charge in [-0.2, -0.15) is 0 Å². The molecule has 1 radical (unpaired) electrons. The number of rotatable bonds is 2. The first kappa shape index (κ1) is 7.86. The number of hydrogen-bond acceptors (Lipinski definition) is 2. The molecule has 1 aromatic heterocycles. The van der Waals surface area contributed by atoms with E-state index in [2.05, 4.69) is 16.0 Å². The summed E-state index contributed by atoms with van der Waals surface area (Å²) >= 11 is 0. The lowest BCUT2D eigenvalue weighted by molar-refractivity contribution is 0.415. The fourth-order valence-corrected chi connectivity index (χ4v) is 1.19. The van der Waals surface area contributed by atoms with Crippen molar-refractivity contribution in [3.05, 3.63) is 36.7 Å². The Morgan fingerprint density at radius 1 is 1.54 bits per heavy atom. The fourth-order valence-electron chi connectivity index (χ4n) is 1.19. The van der Waals surface area contributed by atoms with Crippen LogP contribution in [0.25, 0.3) is 11.4 Å². The maximum atomic E-state index is 5.15. The molecule has 0 saturated heterocycles. The molecule has 65 valence electrons. The van der Waals surface area contributed by atoms with Gasteiger partial charge in [0.2, 0.25) is 0 Å². The van der Waals surface area contributed by atoms with Crippen molar-refractivity contribution in [1.82, 2.24) is 9.97 Å². The zero-order valence-electron chi connectivity index (χ0n) is 7.24. The highest BCUT2D eigenvalue weighted by Gasteiger charge is 2.05. The van der Waals surface area contributed by atoms with Gasteiger partial charge in [0, 0.05) is 18.5 Å². The lowest BCUT2D eigenvalue weighted by Gasteiger charge is -2.03. The Labute approximate surface area is 76.4 Å². The van der Waals surface area contributed by atoms with E-state index in [9.17, 15) is 0 Å². The third-order valence-corrected chi connectivity index (χ3v) is 1.78. The molecule has 0 atom stereocenters. The number of nitrogens with one attached hydrogen (secondary N) is 1. The minimum absolute atomic E-state index is 0.706. The summed E-state index contributed by atoms with van der Waals surface area (Å²) in [6.45, 7) is 0. The molecular formula is C10H9N2O. The topological polar surface area (TPSA) is 37.9 Å². The molecule has 1 heterocycles. The van der Waals surface area contributed by atoms with Gasteiger partial charge in [0.1, 0.15) is 11.6 Å². The Balaban J connectivity index is 2.51. The van der Waals surface area contributed by atoms with Crippen molar-refractivity contribution in [2.45, 2.75) is 0 Å². The minimum atomic E-state index is 0.706. The van der Waals surface area contributed by atoms with Crippen molar-refractivity contribution >= 4 is 0 Å². The number of H-pyrrole nitrogens is 1. The van der Waals surface area contributed by atoms with Crippen LogP contribution in [0.5, 0.6) is 5.75 Å². The normalized spacial score (nSPS) is 9.92. The van der Waals surface area contributed by atoms with Crippen molar-refractivity contribution in [1.29, 1.82) is 0 Å². The van der Waals surface area contributed by atoms with Gasteiger partial charge in [-0.15, -0.1) is 0 Å². The summed E-state index contributed by atoms with van der Waals surface area (Å²) in [5, 5.41) is 0. The Bertz CT molecular complexity index is 382. The highest BCUT2D eigenvalue weighted by atomic mass is 16.5. The van der Waals surface area contributed by atoms with E-state index in [-0.39, 0.29) is 0 Å². The van der Waals surface area contributed by atoms with Crippen LogP contribution in [0, 0.1) is 6.07 Å². The van der Waals surface area contributed by atoms with E-state index in [0.29, 0.717) is 5.75 Å². The number of hydrogen-bond donors (Lipinski definition) is 1. The molecule has 0 saturated carbocycles. The summed E-state index contributed by atoms with van der Waals surface area (Å²) in [5.41, 5.74) is 0.926. The second-order valence-corrected chi connectivity index (χ2v) is 2.55. The highest BCUT2D eigenvalue weighted by molar-refractivity contribution is 5.63. The van der Waals surface area contributed by atoms with E-state index in [1.165, 1.54) is 0 Å². The van der Waals surface area contributed by atoms with Gasteiger partial charge in [-0.05, 0) is 6.07 Å². The number of ether oxygens (including phenoxy) is 1. The predicted octanol–water partition coefficient (Wildman–Crippen LogP) is 1.89. The van der Waals surface area contributed by atoms with E-state index >= 15 is 0 Å². The molecule has 2 aromatic rings. The number of benzene rings is 1. The van der Waals surface area contributed by atoms with Crippen molar-refractivity contribution in [2.24, 2.45) is 0 Å². The molecule has 0 aliphatic rings. The van der Waals surface area contributed by atoms with Crippen molar-refractivity contribution in [3.8, 4) is 17.1 Å². The number of aromatic nitrogens is 2. The van der Waals surface area contributed by atoms with Crippen molar-refractivity contribution in [3.63, 3.8) is 0 Å². The van der Waals surface area contributed by atoms with Crippen LogP contribution >= 0.6 is 0 Å². The Morgan fingerprint density at radius 2 is 2.46 bits per heavy atom. The molecular weight excluding hydrogens is 164 g/mol. The monoisotopic (exact) mass is 173 g/mol. The van der Waals surface area contributed by atoms with E-state index in [0.717, 1.165) is 11.4 Å². The molecule has 3 heteroatoms. The van der Waals surface area contributed by atoms with Gasteiger partial charge in [0.25, 0.3) is 0 Å². The van der Waals surface area contributed by atoms with E-state index in [1.54, 1.807) is 19.5 Å². The molecule has 0 unspecified atom stereocenters. The van der Waals surface area contributed by atoms with Crippen LogP contribution < -0.4 is 4.74 Å². The van der Waals surface area contributed by atoms with Gasteiger partial charge in [0.05, 0.1) is 12.7 Å². The molecule has 0 fully saturated rings.